The lowest BCUT2D eigenvalue weighted by Gasteiger charge is -2.01. The SMILES string of the molecule is Cc1cccc(C#N)c1C=CCCN. The Balaban J connectivity index is 3.00. The summed E-state index contributed by atoms with van der Waals surface area (Å²) in [5, 5.41) is 8.89. The molecule has 1 aromatic rings. The highest BCUT2D eigenvalue weighted by Gasteiger charge is 1.99. The van der Waals surface area contributed by atoms with Crippen LogP contribution in [0.2, 0.25) is 0 Å². The molecule has 0 atom stereocenters. The molecule has 0 bridgehead atoms. The quantitative estimate of drug-likeness (QED) is 0.787. The van der Waals surface area contributed by atoms with Crippen molar-refractivity contribution in [3.63, 3.8) is 0 Å². The minimum absolute atomic E-state index is 0.643. The molecule has 0 fully saturated rings. The van der Waals surface area contributed by atoms with Crippen molar-refractivity contribution in [3.05, 3.63) is 41.0 Å². The molecule has 0 aromatic heterocycles. The van der Waals surface area contributed by atoms with Gasteiger partial charge >= 0.3 is 0 Å². The molecule has 0 aliphatic rings. The maximum Gasteiger partial charge on any atom is 0.0998 e. The van der Waals surface area contributed by atoms with Crippen molar-refractivity contribution in [2.24, 2.45) is 5.73 Å². The Labute approximate surface area is 84.7 Å². The third-order valence-corrected chi connectivity index (χ3v) is 2.06. The Bertz CT molecular complexity index is 372. The van der Waals surface area contributed by atoms with Gasteiger partial charge in [0, 0.05) is 0 Å². The Morgan fingerprint density at radius 1 is 1.50 bits per heavy atom. The van der Waals surface area contributed by atoms with Crippen LogP contribution in [0.5, 0.6) is 0 Å². The fraction of sp³-hybridized carbons (Fsp3) is 0.250. The summed E-state index contributed by atoms with van der Waals surface area (Å²) in [6, 6.07) is 7.91. The van der Waals surface area contributed by atoms with Gasteiger partial charge in [0.2, 0.25) is 0 Å². The first-order chi connectivity index (χ1) is 6.79. The van der Waals surface area contributed by atoms with Crippen molar-refractivity contribution >= 4 is 6.08 Å². The van der Waals surface area contributed by atoms with Crippen molar-refractivity contribution in [2.75, 3.05) is 6.54 Å². The average Bonchev–Trinajstić information content (AvgIpc) is 2.20. The summed E-state index contributed by atoms with van der Waals surface area (Å²) in [7, 11) is 0. The molecule has 2 N–H and O–H groups in total. The van der Waals surface area contributed by atoms with E-state index in [-0.39, 0.29) is 0 Å². The van der Waals surface area contributed by atoms with Crippen molar-refractivity contribution in [2.45, 2.75) is 13.3 Å². The number of rotatable bonds is 3. The number of nitrogens with two attached hydrogens (primary N) is 1. The molecule has 1 aromatic carbocycles. The van der Waals surface area contributed by atoms with Gasteiger partial charge in [0.15, 0.2) is 0 Å². The number of nitrogens with zero attached hydrogens (tertiary/aromatic N) is 1. The van der Waals surface area contributed by atoms with Crippen LogP contribution < -0.4 is 5.73 Å². The molecular weight excluding hydrogens is 172 g/mol. The van der Waals surface area contributed by atoms with Gasteiger partial charge in [0.05, 0.1) is 11.6 Å². The summed E-state index contributed by atoms with van der Waals surface area (Å²) in [5.41, 5.74) is 8.23. The van der Waals surface area contributed by atoms with E-state index < -0.39 is 0 Å². The molecule has 0 saturated carbocycles. The van der Waals surface area contributed by atoms with E-state index in [1.807, 2.05) is 37.3 Å². The Hall–Kier alpha value is -1.59. The Morgan fingerprint density at radius 3 is 2.93 bits per heavy atom. The van der Waals surface area contributed by atoms with E-state index in [0.717, 1.165) is 23.1 Å². The smallest absolute Gasteiger partial charge is 0.0998 e. The molecular formula is C12H14N2. The van der Waals surface area contributed by atoms with Gasteiger partial charge in [-0.05, 0) is 37.1 Å². The topological polar surface area (TPSA) is 49.8 Å². The monoisotopic (exact) mass is 186 g/mol. The summed E-state index contributed by atoms with van der Waals surface area (Å²) in [4.78, 5) is 0. The van der Waals surface area contributed by atoms with Crippen LogP contribution in [0, 0.1) is 18.3 Å². The van der Waals surface area contributed by atoms with E-state index in [4.69, 9.17) is 11.0 Å². The van der Waals surface area contributed by atoms with Crippen LogP contribution in [0.25, 0.3) is 6.08 Å². The fourth-order valence-corrected chi connectivity index (χ4v) is 1.30. The van der Waals surface area contributed by atoms with E-state index in [9.17, 15) is 0 Å². The lowest BCUT2D eigenvalue weighted by molar-refractivity contribution is 1.01. The minimum atomic E-state index is 0.643. The van der Waals surface area contributed by atoms with E-state index in [1.165, 1.54) is 0 Å². The van der Waals surface area contributed by atoms with Crippen molar-refractivity contribution in [1.82, 2.24) is 0 Å². The second-order valence-electron chi connectivity index (χ2n) is 3.13. The largest absolute Gasteiger partial charge is 0.330 e. The molecule has 1 rings (SSSR count). The molecule has 0 saturated heterocycles. The summed E-state index contributed by atoms with van der Waals surface area (Å²) < 4.78 is 0. The van der Waals surface area contributed by atoms with Crippen LogP contribution in [0.1, 0.15) is 23.1 Å². The van der Waals surface area contributed by atoms with E-state index in [2.05, 4.69) is 6.07 Å². The van der Waals surface area contributed by atoms with Crippen LogP contribution in [0.4, 0.5) is 0 Å². The van der Waals surface area contributed by atoms with Gasteiger partial charge in [-0.25, -0.2) is 0 Å². The maximum absolute atomic E-state index is 8.89. The summed E-state index contributed by atoms with van der Waals surface area (Å²) >= 11 is 0. The van der Waals surface area contributed by atoms with Crippen LogP contribution in [-0.2, 0) is 0 Å². The summed E-state index contributed by atoms with van der Waals surface area (Å²) in [6.45, 7) is 2.65. The molecule has 0 amide bonds. The third kappa shape index (κ3) is 2.45. The molecule has 2 heteroatoms. The van der Waals surface area contributed by atoms with Crippen molar-refractivity contribution in [3.8, 4) is 6.07 Å². The molecule has 0 aliphatic heterocycles. The predicted octanol–water partition coefficient (Wildman–Crippen LogP) is 2.23. The van der Waals surface area contributed by atoms with E-state index in [0.29, 0.717) is 6.54 Å². The molecule has 0 unspecified atom stereocenters. The highest BCUT2D eigenvalue weighted by Crippen LogP contribution is 2.15. The van der Waals surface area contributed by atoms with Gasteiger partial charge in [-0.15, -0.1) is 0 Å². The number of aryl methyl sites for hydroxylation is 1. The molecule has 14 heavy (non-hydrogen) atoms. The number of hydrogen-bond acceptors (Lipinski definition) is 2. The van der Waals surface area contributed by atoms with Crippen LogP contribution in [-0.4, -0.2) is 6.54 Å². The third-order valence-electron chi connectivity index (χ3n) is 2.06. The van der Waals surface area contributed by atoms with Gasteiger partial charge in [0.1, 0.15) is 0 Å². The second-order valence-corrected chi connectivity index (χ2v) is 3.13. The number of benzene rings is 1. The normalized spacial score (nSPS) is 10.4. The van der Waals surface area contributed by atoms with Crippen LogP contribution in [0.3, 0.4) is 0 Å². The van der Waals surface area contributed by atoms with Crippen molar-refractivity contribution < 1.29 is 0 Å². The minimum Gasteiger partial charge on any atom is -0.330 e. The maximum atomic E-state index is 8.89. The zero-order valence-electron chi connectivity index (χ0n) is 8.33. The van der Waals surface area contributed by atoms with Gasteiger partial charge in [-0.2, -0.15) is 5.26 Å². The summed E-state index contributed by atoms with van der Waals surface area (Å²) in [5.74, 6) is 0. The first-order valence-electron chi connectivity index (χ1n) is 4.66. The molecule has 0 aliphatic carbocycles. The lowest BCUT2D eigenvalue weighted by Crippen LogP contribution is -1.95. The predicted molar refractivity (Wildman–Crippen MR) is 58.6 cm³/mol. The lowest BCUT2D eigenvalue weighted by atomic mass is 10.0. The Kier molecular flexibility index (Phi) is 3.90. The van der Waals surface area contributed by atoms with Gasteiger partial charge in [-0.3, -0.25) is 0 Å². The highest BCUT2D eigenvalue weighted by molar-refractivity contribution is 5.61. The zero-order chi connectivity index (χ0) is 10.4. The first kappa shape index (κ1) is 10.5. The van der Waals surface area contributed by atoms with Gasteiger partial charge in [-0.1, -0.05) is 24.3 Å². The molecule has 0 heterocycles. The molecule has 2 nitrogen and oxygen atoms in total. The summed E-state index contributed by atoms with van der Waals surface area (Å²) in [6.07, 6.45) is 4.82. The van der Waals surface area contributed by atoms with Gasteiger partial charge < -0.3 is 5.73 Å². The number of nitriles is 1. The number of hydrogen-bond donors (Lipinski definition) is 1. The first-order valence-corrected chi connectivity index (χ1v) is 4.66. The van der Waals surface area contributed by atoms with Gasteiger partial charge in [0.25, 0.3) is 0 Å². The molecule has 0 spiro atoms. The second kappa shape index (κ2) is 5.21. The molecule has 0 radical (unpaired) electrons. The highest BCUT2D eigenvalue weighted by atomic mass is 14.5. The van der Waals surface area contributed by atoms with Crippen molar-refractivity contribution in [1.29, 1.82) is 5.26 Å². The van der Waals surface area contributed by atoms with E-state index in [1.54, 1.807) is 0 Å². The van der Waals surface area contributed by atoms with Crippen LogP contribution in [0.15, 0.2) is 24.3 Å². The Morgan fingerprint density at radius 2 is 2.29 bits per heavy atom. The molecule has 72 valence electrons. The average molecular weight is 186 g/mol. The van der Waals surface area contributed by atoms with Crippen LogP contribution >= 0.6 is 0 Å². The van der Waals surface area contributed by atoms with E-state index >= 15 is 0 Å². The zero-order valence-corrected chi connectivity index (χ0v) is 8.33. The fourth-order valence-electron chi connectivity index (χ4n) is 1.30. The standard InChI is InChI=1S/C12H14N2/c1-10-5-4-6-11(9-14)12(10)7-2-3-8-13/h2,4-7H,3,8,13H2,1H3.